The molecular formula is C22H25N3O5S. The second kappa shape index (κ2) is 10.4. The molecule has 1 aliphatic rings. The van der Waals surface area contributed by atoms with Crippen molar-refractivity contribution >= 4 is 35.0 Å². The molecule has 1 N–H and O–H groups in total. The molecule has 0 spiro atoms. The highest BCUT2D eigenvalue weighted by atomic mass is 32.2. The highest BCUT2D eigenvalue weighted by Crippen LogP contribution is 2.23. The maximum atomic E-state index is 12.9. The summed E-state index contributed by atoms with van der Waals surface area (Å²) < 4.78 is 4.92. The summed E-state index contributed by atoms with van der Waals surface area (Å²) in [6.45, 7) is 6.52. The number of rotatable bonds is 7. The number of nitrogens with one attached hydrogen (secondary N) is 1. The standard InChI is InChI=1S/C22H25N3O5S/c1-3-30-22(27)18-11-17(12-19(13-18)25(28)29)21(26)23-20-10-16(5-4-15(20)2)14-24-6-8-31-9-7-24/h4-5,10-13H,3,6-9,14H2,1-2H3,(H,23,26). The van der Waals surface area contributed by atoms with Crippen molar-refractivity contribution < 1.29 is 19.2 Å². The summed E-state index contributed by atoms with van der Waals surface area (Å²) in [6, 6.07) is 9.49. The lowest BCUT2D eigenvalue weighted by molar-refractivity contribution is -0.384. The molecule has 1 saturated heterocycles. The quantitative estimate of drug-likeness (QED) is 0.394. The minimum Gasteiger partial charge on any atom is -0.462 e. The molecule has 1 aliphatic heterocycles. The van der Waals surface area contributed by atoms with Crippen LogP contribution < -0.4 is 5.32 Å². The third-order valence-corrected chi connectivity index (χ3v) is 5.90. The number of nitro benzene ring substituents is 1. The largest absolute Gasteiger partial charge is 0.462 e. The second-order valence-electron chi connectivity index (χ2n) is 7.24. The van der Waals surface area contributed by atoms with Gasteiger partial charge < -0.3 is 10.1 Å². The Morgan fingerprint density at radius 3 is 2.55 bits per heavy atom. The lowest BCUT2D eigenvalue weighted by Crippen LogP contribution is -2.32. The van der Waals surface area contributed by atoms with Gasteiger partial charge in [-0.2, -0.15) is 11.8 Å². The van der Waals surface area contributed by atoms with E-state index in [1.807, 2.05) is 36.9 Å². The van der Waals surface area contributed by atoms with Crippen molar-refractivity contribution in [2.45, 2.75) is 20.4 Å². The number of non-ortho nitro benzene ring substituents is 1. The number of aryl methyl sites for hydroxylation is 1. The summed E-state index contributed by atoms with van der Waals surface area (Å²) in [5, 5.41) is 14.1. The second-order valence-corrected chi connectivity index (χ2v) is 8.46. The summed E-state index contributed by atoms with van der Waals surface area (Å²) >= 11 is 1.95. The van der Waals surface area contributed by atoms with E-state index in [9.17, 15) is 19.7 Å². The van der Waals surface area contributed by atoms with Gasteiger partial charge in [-0.25, -0.2) is 4.79 Å². The number of esters is 1. The maximum absolute atomic E-state index is 12.9. The maximum Gasteiger partial charge on any atom is 0.338 e. The zero-order valence-corrected chi connectivity index (χ0v) is 18.4. The Bertz CT molecular complexity index is 989. The molecule has 0 saturated carbocycles. The first-order valence-corrected chi connectivity index (χ1v) is 11.2. The fourth-order valence-corrected chi connectivity index (χ4v) is 4.27. The molecule has 9 heteroatoms. The molecule has 2 aromatic carbocycles. The van der Waals surface area contributed by atoms with E-state index in [-0.39, 0.29) is 23.4 Å². The van der Waals surface area contributed by atoms with Crippen molar-refractivity contribution in [1.29, 1.82) is 0 Å². The Morgan fingerprint density at radius 1 is 1.16 bits per heavy atom. The minimum atomic E-state index is -0.710. The fraction of sp³-hybridized carbons (Fsp3) is 0.364. The van der Waals surface area contributed by atoms with E-state index in [1.165, 1.54) is 6.07 Å². The molecular weight excluding hydrogens is 418 g/mol. The van der Waals surface area contributed by atoms with Crippen LogP contribution in [0.1, 0.15) is 38.8 Å². The highest BCUT2D eigenvalue weighted by molar-refractivity contribution is 7.99. The number of carbonyl (C=O) groups excluding carboxylic acids is 2. The van der Waals surface area contributed by atoms with Crippen LogP contribution in [0.5, 0.6) is 0 Å². The van der Waals surface area contributed by atoms with Crippen molar-refractivity contribution in [3.05, 3.63) is 68.8 Å². The Kier molecular flexibility index (Phi) is 7.64. The van der Waals surface area contributed by atoms with Gasteiger partial charge in [0.2, 0.25) is 0 Å². The van der Waals surface area contributed by atoms with E-state index < -0.39 is 16.8 Å². The van der Waals surface area contributed by atoms with Gasteiger partial charge in [-0.05, 0) is 37.1 Å². The van der Waals surface area contributed by atoms with Crippen molar-refractivity contribution in [1.82, 2.24) is 4.90 Å². The molecule has 0 bridgehead atoms. The summed E-state index contributed by atoms with van der Waals surface area (Å²) in [6.07, 6.45) is 0. The van der Waals surface area contributed by atoms with Gasteiger partial charge in [-0.3, -0.25) is 19.8 Å². The predicted octanol–water partition coefficient (Wildman–Crippen LogP) is 3.88. The highest BCUT2D eigenvalue weighted by Gasteiger charge is 2.19. The van der Waals surface area contributed by atoms with Crippen molar-refractivity contribution in [2.75, 3.05) is 36.5 Å². The number of hydrogen-bond donors (Lipinski definition) is 1. The van der Waals surface area contributed by atoms with E-state index in [4.69, 9.17) is 4.74 Å². The summed E-state index contributed by atoms with van der Waals surface area (Å²) in [5.41, 5.74) is 2.24. The molecule has 0 radical (unpaired) electrons. The SMILES string of the molecule is CCOC(=O)c1cc(C(=O)Nc2cc(CN3CCSCC3)ccc2C)cc([N+](=O)[O-])c1. The van der Waals surface area contributed by atoms with Crippen LogP contribution in [0.25, 0.3) is 0 Å². The predicted molar refractivity (Wildman–Crippen MR) is 121 cm³/mol. The molecule has 2 aromatic rings. The topological polar surface area (TPSA) is 102 Å². The Morgan fingerprint density at radius 2 is 1.87 bits per heavy atom. The lowest BCUT2D eigenvalue weighted by atomic mass is 10.1. The molecule has 1 amide bonds. The van der Waals surface area contributed by atoms with Crippen LogP contribution in [-0.4, -0.2) is 52.9 Å². The molecule has 0 atom stereocenters. The van der Waals surface area contributed by atoms with E-state index in [0.717, 1.165) is 54.4 Å². The molecule has 0 unspecified atom stereocenters. The minimum absolute atomic E-state index is 0.0233. The van der Waals surface area contributed by atoms with Crippen LogP contribution in [0.3, 0.4) is 0 Å². The molecule has 1 heterocycles. The fourth-order valence-electron chi connectivity index (χ4n) is 3.29. The van der Waals surface area contributed by atoms with Crippen molar-refractivity contribution in [2.24, 2.45) is 0 Å². The number of nitro groups is 1. The zero-order valence-electron chi connectivity index (χ0n) is 17.6. The number of benzene rings is 2. The molecule has 31 heavy (non-hydrogen) atoms. The number of hydrogen-bond acceptors (Lipinski definition) is 7. The summed E-state index contributed by atoms with van der Waals surface area (Å²) in [5.74, 6) is 0.998. The first-order chi connectivity index (χ1) is 14.9. The third-order valence-electron chi connectivity index (χ3n) is 4.96. The van der Waals surface area contributed by atoms with Gasteiger partial charge in [0.05, 0.1) is 17.1 Å². The number of anilines is 1. The molecule has 3 rings (SSSR count). The summed E-state index contributed by atoms with van der Waals surface area (Å²) in [7, 11) is 0. The molecule has 0 aromatic heterocycles. The molecule has 164 valence electrons. The molecule has 0 aliphatic carbocycles. The van der Waals surface area contributed by atoms with Gasteiger partial charge in [0.1, 0.15) is 0 Å². The van der Waals surface area contributed by atoms with E-state index >= 15 is 0 Å². The zero-order chi connectivity index (χ0) is 22.4. The van der Waals surface area contributed by atoms with E-state index in [2.05, 4.69) is 10.2 Å². The average Bonchev–Trinajstić information content (AvgIpc) is 2.76. The first kappa shape index (κ1) is 22.8. The van der Waals surface area contributed by atoms with Gasteiger partial charge in [0.15, 0.2) is 0 Å². The van der Waals surface area contributed by atoms with E-state index in [1.54, 1.807) is 6.92 Å². The number of nitrogens with zero attached hydrogens (tertiary/aromatic N) is 2. The van der Waals surface area contributed by atoms with Crippen LogP contribution in [0.4, 0.5) is 11.4 Å². The van der Waals surface area contributed by atoms with Crippen molar-refractivity contribution in [3.8, 4) is 0 Å². The van der Waals surface area contributed by atoms with Gasteiger partial charge in [-0.1, -0.05) is 12.1 Å². The van der Waals surface area contributed by atoms with Gasteiger partial charge in [-0.15, -0.1) is 0 Å². The van der Waals surface area contributed by atoms with Crippen LogP contribution >= 0.6 is 11.8 Å². The molecule has 1 fully saturated rings. The third kappa shape index (κ3) is 6.05. The Labute approximate surface area is 185 Å². The number of carbonyl (C=O) groups is 2. The number of amides is 1. The van der Waals surface area contributed by atoms with Crippen molar-refractivity contribution in [3.63, 3.8) is 0 Å². The number of ether oxygens (including phenoxy) is 1. The smallest absolute Gasteiger partial charge is 0.338 e. The van der Waals surface area contributed by atoms with Crippen LogP contribution in [0.15, 0.2) is 36.4 Å². The van der Waals surface area contributed by atoms with E-state index in [0.29, 0.717) is 5.69 Å². The molecule has 8 nitrogen and oxygen atoms in total. The number of thioether (sulfide) groups is 1. The normalized spacial score (nSPS) is 14.1. The summed E-state index contributed by atoms with van der Waals surface area (Å²) in [4.78, 5) is 37.9. The Hall–Kier alpha value is -2.91. The van der Waals surface area contributed by atoms with Crippen LogP contribution in [0, 0.1) is 17.0 Å². The first-order valence-electron chi connectivity index (χ1n) is 10.0. The van der Waals surface area contributed by atoms with Crippen LogP contribution in [0.2, 0.25) is 0 Å². The Balaban J connectivity index is 1.82. The van der Waals surface area contributed by atoms with Gasteiger partial charge >= 0.3 is 5.97 Å². The lowest BCUT2D eigenvalue weighted by Gasteiger charge is -2.26. The average molecular weight is 444 g/mol. The van der Waals surface area contributed by atoms with Gasteiger partial charge in [0, 0.05) is 54.5 Å². The van der Waals surface area contributed by atoms with Crippen LogP contribution in [-0.2, 0) is 11.3 Å². The van der Waals surface area contributed by atoms with Gasteiger partial charge in [0.25, 0.3) is 11.6 Å². The monoisotopic (exact) mass is 443 g/mol.